The first-order chi connectivity index (χ1) is 9.80. The van der Waals surface area contributed by atoms with Gasteiger partial charge in [-0.25, -0.2) is 8.42 Å². The Bertz CT molecular complexity index is 566. The van der Waals surface area contributed by atoms with Crippen LogP contribution < -0.4 is 10.6 Å². The number of rotatable bonds is 7. The lowest BCUT2D eigenvalue weighted by molar-refractivity contribution is -0.0436. The van der Waals surface area contributed by atoms with E-state index in [2.05, 4.69) is 10.6 Å². The minimum Gasteiger partial charge on any atom is -0.385 e. The summed E-state index contributed by atoms with van der Waals surface area (Å²) in [5, 5.41) is 6.38. The number of anilines is 1. The molecule has 1 fully saturated rings. The van der Waals surface area contributed by atoms with Crippen LogP contribution in [0.15, 0.2) is 29.2 Å². The summed E-state index contributed by atoms with van der Waals surface area (Å²) in [5.74, 6) is 0. The predicted molar refractivity (Wildman–Crippen MR) is 73.8 cm³/mol. The standard InChI is InChI=1S/C13H17F3N2O2S/c14-13(15,16)21(19,20)12-6-4-11(5-7-12)18-9-1-8-17-10-2-3-10/h4-7,10,17-18H,1-3,8-9H2. The zero-order chi connectivity index (χ0) is 15.5. The van der Waals surface area contributed by atoms with E-state index in [9.17, 15) is 21.6 Å². The van der Waals surface area contributed by atoms with Crippen LogP contribution in [0.5, 0.6) is 0 Å². The van der Waals surface area contributed by atoms with Crippen molar-refractivity contribution in [3.05, 3.63) is 24.3 Å². The molecule has 1 aliphatic carbocycles. The van der Waals surface area contributed by atoms with Crippen molar-refractivity contribution in [3.63, 3.8) is 0 Å². The van der Waals surface area contributed by atoms with Gasteiger partial charge in [-0.15, -0.1) is 0 Å². The van der Waals surface area contributed by atoms with Gasteiger partial charge in [0.05, 0.1) is 4.90 Å². The Morgan fingerprint density at radius 3 is 2.24 bits per heavy atom. The van der Waals surface area contributed by atoms with Crippen LogP contribution in [0.4, 0.5) is 18.9 Å². The van der Waals surface area contributed by atoms with E-state index < -0.39 is 20.2 Å². The SMILES string of the molecule is O=S(=O)(c1ccc(NCCCNC2CC2)cc1)C(F)(F)F. The lowest BCUT2D eigenvalue weighted by Crippen LogP contribution is -2.23. The zero-order valence-corrected chi connectivity index (χ0v) is 12.1. The summed E-state index contributed by atoms with van der Waals surface area (Å²) in [5.41, 5.74) is -4.67. The van der Waals surface area contributed by atoms with Crippen molar-refractivity contribution in [1.82, 2.24) is 5.32 Å². The van der Waals surface area contributed by atoms with Gasteiger partial charge in [-0.2, -0.15) is 13.2 Å². The first kappa shape index (κ1) is 16.1. The van der Waals surface area contributed by atoms with Crippen LogP contribution in [0.1, 0.15) is 19.3 Å². The molecule has 0 aliphatic heterocycles. The molecule has 0 spiro atoms. The smallest absolute Gasteiger partial charge is 0.385 e. The Labute approximate surface area is 121 Å². The molecule has 0 saturated heterocycles. The van der Waals surface area contributed by atoms with Crippen LogP contribution in [0.25, 0.3) is 0 Å². The summed E-state index contributed by atoms with van der Waals surface area (Å²) < 4.78 is 59.5. The van der Waals surface area contributed by atoms with Crippen molar-refractivity contribution in [2.75, 3.05) is 18.4 Å². The second-order valence-electron chi connectivity index (χ2n) is 4.98. The van der Waals surface area contributed by atoms with E-state index in [1.165, 1.54) is 25.0 Å². The average Bonchev–Trinajstić information content (AvgIpc) is 3.22. The molecule has 8 heteroatoms. The van der Waals surface area contributed by atoms with Gasteiger partial charge in [-0.3, -0.25) is 0 Å². The average molecular weight is 322 g/mol. The van der Waals surface area contributed by atoms with Gasteiger partial charge in [-0.05, 0) is 50.1 Å². The molecule has 1 aromatic carbocycles. The molecule has 0 unspecified atom stereocenters. The molecule has 0 radical (unpaired) electrons. The maximum Gasteiger partial charge on any atom is 0.501 e. The largest absolute Gasteiger partial charge is 0.501 e. The highest BCUT2D eigenvalue weighted by molar-refractivity contribution is 7.92. The van der Waals surface area contributed by atoms with Gasteiger partial charge >= 0.3 is 5.51 Å². The summed E-state index contributed by atoms with van der Waals surface area (Å²) in [6.07, 6.45) is 3.34. The van der Waals surface area contributed by atoms with E-state index in [1.54, 1.807) is 0 Å². The number of benzene rings is 1. The lowest BCUT2D eigenvalue weighted by atomic mass is 10.3. The summed E-state index contributed by atoms with van der Waals surface area (Å²) in [6, 6.07) is 5.26. The van der Waals surface area contributed by atoms with Crippen LogP contribution in [0.2, 0.25) is 0 Å². The Morgan fingerprint density at radius 1 is 1.10 bits per heavy atom. The molecular weight excluding hydrogens is 305 g/mol. The van der Waals surface area contributed by atoms with Gasteiger partial charge in [-0.1, -0.05) is 0 Å². The second-order valence-corrected chi connectivity index (χ2v) is 6.92. The van der Waals surface area contributed by atoms with Gasteiger partial charge in [0.15, 0.2) is 0 Å². The van der Waals surface area contributed by atoms with E-state index in [0.717, 1.165) is 25.1 Å². The second kappa shape index (κ2) is 6.23. The molecule has 0 atom stereocenters. The third-order valence-corrected chi connectivity index (χ3v) is 4.66. The highest BCUT2D eigenvalue weighted by atomic mass is 32.2. The molecule has 2 N–H and O–H groups in total. The topological polar surface area (TPSA) is 58.2 Å². The first-order valence-electron chi connectivity index (χ1n) is 6.69. The molecule has 21 heavy (non-hydrogen) atoms. The summed E-state index contributed by atoms with van der Waals surface area (Å²) in [7, 11) is -5.26. The molecular formula is C13H17F3N2O2S. The molecule has 1 aromatic rings. The zero-order valence-electron chi connectivity index (χ0n) is 11.3. The van der Waals surface area contributed by atoms with Gasteiger partial charge in [0.1, 0.15) is 0 Å². The highest BCUT2D eigenvalue weighted by Gasteiger charge is 2.46. The van der Waals surface area contributed by atoms with Crippen LogP contribution in [-0.2, 0) is 9.84 Å². The first-order valence-corrected chi connectivity index (χ1v) is 8.18. The Kier molecular flexibility index (Phi) is 4.77. The third-order valence-electron chi connectivity index (χ3n) is 3.16. The van der Waals surface area contributed by atoms with Crippen molar-refractivity contribution >= 4 is 15.5 Å². The van der Waals surface area contributed by atoms with Crippen molar-refractivity contribution in [2.24, 2.45) is 0 Å². The number of hydrogen-bond donors (Lipinski definition) is 2. The van der Waals surface area contributed by atoms with E-state index in [-0.39, 0.29) is 0 Å². The third kappa shape index (κ3) is 4.34. The maximum absolute atomic E-state index is 12.4. The van der Waals surface area contributed by atoms with Crippen LogP contribution in [0, 0.1) is 0 Å². The van der Waals surface area contributed by atoms with Crippen molar-refractivity contribution in [2.45, 2.75) is 35.7 Å². The van der Waals surface area contributed by atoms with Gasteiger partial charge in [0.2, 0.25) is 0 Å². The molecule has 118 valence electrons. The molecule has 2 rings (SSSR count). The fourth-order valence-corrected chi connectivity index (χ4v) is 2.56. The molecule has 0 bridgehead atoms. The summed E-state index contributed by atoms with van der Waals surface area (Å²) >= 11 is 0. The van der Waals surface area contributed by atoms with E-state index in [0.29, 0.717) is 18.3 Å². The minimum atomic E-state index is -5.27. The van der Waals surface area contributed by atoms with E-state index in [4.69, 9.17) is 0 Å². The van der Waals surface area contributed by atoms with Crippen molar-refractivity contribution in [3.8, 4) is 0 Å². The minimum absolute atomic E-state index is 0.600. The summed E-state index contributed by atoms with van der Waals surface area (Å²) in [6.45, 7) is 1.56. The van der Waals surface area contributed by atoms with Gasteiger partial charge in [0, 0.05) is 18.3 Å². The molecule has 0 aromatic heterocycles. The van der Waals surface area contributed by atoms with Crippen molar-refractivity contribution in [1.29, 1.82) is 0 Å². The molecule has 0 amide bonds. The fourth-order valence-electron chi connectivity index (χ4n) is 1.80. The predicted octanol–water partition coefficient (Wildman–Crippen LogP) is 2.53. The molecule has 1 saturated carbocycles. The van der Waals surface area contributed by atoms with Crippen molar-refractivity contribution < 1.29 is 21.6 Å². The van der Waals surface area contributed by atoms with Crippen LogP contribution in [0.3, 0.4) is 0 Å². The maximum atomic E-state index is 12.4. The van der Waals surface area contributed by atoms with Crippen LogP contribution in [-0.4, -0.2) is 33.1 Å². The Balaban J connectivity index is 1.83. The Morgan fingerprint density at radius 2 is 1.71 bits per heavy atom. The number of halogens is 3. The monoisotopic (exact) mass is 322 g/mol. The molecule has 4 nitrogen and oxygen atoms in total. The number of hydrogen-bond acceptors (Lipinski definition) is 4. The quantitative estimate of drug-likeness (QED) is 0.758. The fraction of sp³-hybridized carbons (Fsp3) is 0.538. The molecule has 0 heterocycles. The normalized spacial score (nSPS) is 16.0. The van der Waals surface area contributed by atoms with E-state index >= 15 is 0 Å². The Hall–Kier alpha value is -1.28. The van der Waals surface area contributed by atoms with Gasteiger partial charge < -0.3 is 10.6 Å². The van der Waals surface area contributed by atoms with Gasteiger partial charge in [0.25, 0.3) is 9.84 Å². The van der Waals surface area contributed by atoms with E-state index in [1.807, 2.05) is 0 Å². The lowest BCUT2D eigenvalue weighted by Gasteiger charge is -2.10. The van der Waals surface area contributed by atoms with Crippen LogP contribution >= 0.6 is 0 Å². The highest BCUT2D eigenvalue weighted by Crippen LogP contribution is 2.30. The number of alkyl halides is 3. The number of sulfone groups is 1. The number of nitrogens with one attached hydrogen (secondary N) is 2. The molecule has 1 aliphatic rings. The summed E-state index contributed by atoms with van der Waals surface area (Å²) in [4.78, 5) is -0.740.